The molecule has 6 nitrogen and oxygen atoms in total. The highest BCUT2D eigenvalue weighted by molar-refractivity contribution is 5.02. The van der Waals surface area contributed by atoms with Crippen molar-refractivity contribution in [3.05, 3.63) is 17.7 Å². The summed E-state index contributed by atoms with van der Waals surface area (Å²) in [4.78, 5) is 0. The molecule has 0 aromatic carbocycles. The molecule has 0 amide bonds. The molecule has 1 aromatic rings. The van der Waals surface area contributed by atoms with Crippen LogP contribution in [0.3, 0.4) is 0 Å². The fourth-order valence-corrected chi connectivity index (χ4v) is 1.28. The number of halogens is 1. The molecule has 1 atom stereocenters. The van der Waals surface area contributed by atoms with Crippen LogP contribution in [0.1, 0.15) is 5.69 Å². The summed E-state index contributed by atoms with van der Waals surface area (Å²) in [5, 5.41) is 13.0. The van der Waals surface area contributed by atoms with Gasteiger partial charge >= 0.3 is 0 Å². The summed E-state index contributed by atoms with van der Waals surface area (Å²) in [7, 11) is 1.66. The Kier molecular flexibility index (Phi) is 2.16. The van der Waals surface area contributed by atoms with E-state index in [2.05, 4.69) is 15.4 Å². The molecule has 0 saturated carbocycles. The van der Waals surface area contributed by atoms with Crippen molar-refractivity contribution < 1.29 is 4.39 Å². The zero-order valence-electron chi connectivity index (χ0n) is 7.76. The van der Waals surface area contributed by atoms with Gasteiger partial charge in [-0.2, -0.15) is 10.2 Å². The Morgan fingerprint density at radius 3 is 3.00 bits per heavy atom. The summed E-state index contributed by atoms with van der Waals surface area (Å²) < 4.78 is 14.6. The van der Waals surface area contributed by atoms with Crippen LogP contribution in [0.4, 0.5) is 4.39 Å². The quantitative estimate of drug-likeness (QED) is 0.728. The van der Waals surface area contributed by atoms with E-state index >= 15 is 0 Å². The number of aromatic nitrogens is 2. The van der Waals surface area contributed by atoms with Crippen molar-refractivity contribution in [3.8, 4) is 0 Å². The lowest BCUT2D eigenvalue weighted by molar-refractivity contribution is 0.227. The Bertz CT molecular complexity index is 359. The third kappa shape index (κ3) is 1.58. The largest absolute Gasteiger partial charge is 0.308 e. The molecule has 0 bridgehead atoms. The number of rotatable bonds is 2. The molecule has 14 heavy (non-hydrogen) atoms. The highest BCUT2D eigenvalue weighted by atomic mass is 19.1. The minimum absolute atomic E-state index is 0.261. The van der Waals surface area contributed by atoms with E-state index in [1.165, 1.54) is 15.9 Å². The number of hydrogen-bond donors (Lipinski definition) is 1. The molecule has 1 unspecified atom stereocenters. The van der Waals surface area contributed by atoms with E-state index < -0.39 is 0 Å². The molecule has 0 aliphatic carbocycles. The maximum atomic E-state index is 13.2. The Morgan fingerprint density at radius 2 is 2.50 bits per heavy atom. The second kappa shape index (κ2) is 3.33. The van der Waals surface area contributed by atoms with Gasteiger partial charge in [-0.25, -0.2) is 4.39 Å². The Labute approximate surface area is 80.2 Å². The Balaban J connectivity index is 2.10. The third-order valence-corrected chi connectivity index (χ3v) is 2.00. The smallest absolute Gasteiger partial charge is 0.166 e. The van der Waals surface area contributed by atoms with Gasteiger partial charge in [0.15, 0.2) is 5.82 Å². The summed E-state index contributed by atoms with van der Waals surface area (Å²) >= 11 is 0. The van der Waals surface area contributed by atoms with E-state index in [0.717, 1.165) is 0 Å². The van der Waals surface area contributed by atoms with Gasteiger partial charge < -0.3 is 5.73 Å². The van der Waals surface area contributed by atoms with Crippen LogP contribution in [-0.4, -0.2) is 27.5 Å². The van der Waals surface area contributed by atoms with Crippen molar-refractivity contribution in [1.29, 1.82) is 0 Å². The molecule has 76 valence electrons. The van der Waals surface area contributed by atoms with Gasteiger partial charge in [0, 0.05) is 7.05 Å². The average Bonchev–Trinajstić information content (AvgIpc) is 2.62. The minimum Gasteiger partial charge on any atom is -0.308 e. The van der Waals surface area contributed by atoms with Gasteiger partial charge in [0.05, 0.1) is 19.3 Å². The first kappa shape index (κ1) is 9.07. The monoisotopic (exact) mass is 198 g/mol. The maximum Gasteiger partial charge on any atom is 0.166 e. The molecule has 2 rings (SSSR count). The van der Waals surface area contributed by atoms with Gasteiger partial charge in [0.2, 0.25) is 0 Å². The minimum atomic E-state index is -0.346. The maximum absolute atomic E-state index is 13.2. The van der Waals surface area contributed by atoms with Crippen molar-refractivity contribution in [2.24, 2.45) is 23.1 Å². The van der Waals surface area contributed by atoms with E-state index in [9.17, 15) is 4.39 Å². The number of nitrogens with zero attached hydrogens (tertiary/aromatic N) is 5. The highest BCUT2D eigenvalue weighted by Crippen LogP contribution is 2.12. The summed E-state index contributed by atoms with van der Waals surface area (Å²) in [5.74, 6) is -0.346. The molecule has 0 spiro atoms. The lowest BCUT2D eigenvalue weighted by Gasteiger charge is -2.15. The van der Waals surface area contributed by atoms with Crippen molar-refractivity contribution in [3.63, 3.8) is 0 Å². The topological polar surface area (TPSA) is 71.8 Å². The highest BCUT2D eigenvalue weighted by Gasteiger charge is 2.20. The summed E-state index contributed by atoms with van der Waals surface area (Å²) in [6, 6.07) is 0. The van der Waals surface area contributed by atoms with Gasteiger partial charge in [-0.1, -0.05) is 5.22 Å². The first-order valence-electron chi connectivity index (χ1n) is 4.24. The van der Waals surface area contributed by atoms with Crippen molar-refractivity contribution in [2.45, 2.75) is 12.7 Å². The van der Waals surface area contributed by atoms with Crippen LogP contribution in [0.2, 0.25) is 0 Å². The molecular weight excluding hydrogens is 187 g/mol. The zero-order valence-corrected chi connectivity index (χ0v) is 7.76. The van der Waals surface area contributed by atoms with Gasteiger partial charge in [-0.05, 0) is 0 Å². The van der Waals surface area contributed by atoms with Gasteiger partial charge in [-0.3, -0.25) is 9.69 Å². The number of hydrogen-bond acceptors (Lipinski definition) is 5. The standard InChI is InChI=1S/C7H11FN6/c1-13-3-5(8)6(11-13)4-14-7(9)2-10-12-14/h3,7H,2,4,9H2,1H3. The number of nitrogens with two attached hydrogens (primary N) is 1. The van der Waals surface area contributed by atoms with E-state index in [4.69, 9.17) is 5.73 Å². The summed E-state index contributed by atoms with van der Waals surface area (Å²) in [5.41, 5.74) is 6.00. The molecule has 2 N–H and O–H groups in total. The molecular formula is C7H11FN6. The molecule has 0 fully saturated rings. The molecule has 7 heteroatoms. The van der Waals surface area contributed by atoms with E-state index in [0.29, 0.717) is 12.2 Å². The first-order valence-corrected chi connectivity index (χ1v) is 4.24. The average molecular weight is 198 g/mol. The SMILES string of the molecule is Cn1cc(F)c(CN2N=NCC2N)n1. The van der Waals surface area contributed by atoms with Gasteiger partial charge in [0.1, 0.15) is 11.9 Å². The van der Waals surface area contributed by atoms with E-state index in [-0.39, 0.29) is 18.5 Å². The van der Waals surface area contributed by atoms with Crippen LogP contribution in [0.5, 0.6) is 0 Å². The second-order valence-electron chi connectivity index (χ2n) is 3.18. The lowest BCUT2D eigenvalue weighted by atomic mass is 10.4. The normalized spacial score (nSPS) is 20.8. The van der Waals surface area contributed by atoms with Crippen LogP contribution < -0.4 is 5.73 Å². The van der Waals surface area contributed by atoms with Crippen LogP contribution in [0, 0.1) is 5.82 Å². The fourth-order valence-electron chi connectivity index (χ4n) is 1.28. The van der Waals surface area contributed by atoms with E-state index in [1.54, 1.807) is 7.05 Å². The molecule has 1 aromatic heterocycles. The van der Waals surface area contributed by atoms with Crippen molar-refractivity contribution >= 4 is 0 Å². The lowest BCUT2D eigenvalue weighted by Crippen LogP contribution is -2.36. The van der Waals surface area contributed by atoms with Crippen LogP contribution >= 0.6 is 0 Å². The molecule has 1 aliphatic heterocycles. The number of aryl methyl sites for hydroxylation is 1. The first-order chi connectivity index (χ1) is 6.66. The Morgan fingerprint density at radius 1 is 1.71 bits per heavy atom. The van der Waals surface area contributed by atoms with Crippen LogP contribution in [0.25, 0.3) is 0 Å². The van der Waals surface area contributed by atoms with Crippen molar-refractivity contribution in [2.75, 3.05) is 6.54 Å². The molecule has 0 radical (unpaired) electrons. The van der Waals surface area contributed by atoms with Gasteiger partial charge in [-0.15, -0.1) is 0 Å². The predicted octanol–water partition coefficient (Wildman–Crippen LogP) is 0.0268. The van der Waals surface area contributed by atoms with Crippen LogP contribution in [-0.2, 0) is 13.6 Å². The zero-order chi connectivity index (χ0) is 10.1. The van der Waals surface area contributed by atoms with Gasteiger partial charge in [0.25, 0.3) is 0 Å². The van der Waals surface area contributed by atoms with Crippen molar-refractivity contribution in [1.82, 2.24) is 14.8 Å². The van der Waals surface area contributed by atoms with Crippen LogP contribution in [0.15, 0.2) is 16.5 Å². The summed E-state index contributed by atoms with van der Waals surface area (Å²) in [6.45, 7) is 0.714. The summed E-state index contributed by atoms with van der Waals surface area (Å²) in [6.07, 6.45) is 1.05. The predicted molar refractivity (Wildman–Crippen MR) is 46.4 cm³/mol. The fraction of sp³-hybridized carbons (Fsp3) is 0.571. The molecule has 2 heterocycles. The third-order valence-electron chi connectivity index (χ3n) is 2.00. The molecule has 0 saturated heterocycles. The van der Waals surface area contributed by atoms with E-state index in [1.807, 2.05) is 0 Å². The molecule has 1 aliphatic rings. The second-order valence-corrected chi connectivity index (χ2v) is 3.18. The Hall–Kier alpha value is -1.50.